The van der Waals surface area contributed by atoms with Crippen LogP contribution in [0.5, 0.6) is 0 Å². The molecule has 2 rings (SSSR count). The van der Waals surface area contributed by atoms with Crippen molar-refractivity contribution in [2.75, 3.05) is 0 Å². The summed E-state index contributed by atoms with van der Waals surface area (Å²) in [5.41, 5.74) is 0. The highest BCUT2D eigenvalue weighted by molar-refractivity contribution is 5.93. The molecule has 1 fully saturated rings. The molecule has 2 amide bonds. The highest BCUT2D eigenvalue weighted by atomic mass is 16.6. The summed E-state index contributed by atoms with van der Waals surface area (Å²) >= 11 is 0. The molecule has 2 unspecified atom stereocenters. The minimum absolute atomic E-state index is 0.114. The number of Topliss-reactive ketones (excluding diaryl/α,β-unsaturated/α-hetero) is 1. The van der Waals surface area contributed by atoms with E-state index in [-0.39, 0.29) is 11.8 Å². The van der Waals surface area contributed by atoms with E-state index in [1.807, 2.05) is 13.8 Å². The van der Waals surface area contributed by atoms with Crippen LogP contribution < -0.4 is 5.32 Å². The summed E-state index contributed by atoms with van der Waals surface area (Å²) in [5.74, 6) is 0.0954. The van der Waals surface area contributed by atoms with Gasteiger partial charge in [-0.2, -0.15) is 0 Å². The molecule has 7 heteroatoms. The van der Waals surface area contributed by atoms with Crippen LogP contribution >= 0.6 is 0 Å². The van der Waals surface area contributed by atoms with Crippen LogP contribution in [0, 0.1) is 11.8 Å². The van der Waals surface area contributed by atoms with Crippen LogP contribution in [0.15, 0.2) is 10.2 Å². The van der Waals surface area contributed by atoms with E-state index in [4.69, 9.17) is 4.74 Å². The van der Waals surface area contributed by atoms with Gasteiger partial charge in [-0.05, 0) is 31.1 Å². The zero-order chi connectivity index (χ0) is 16.8. The van der Waals surface area contributed by atoms with E-state index >= 15 is 0 Å². The van der Waals surface area contributed by atoms with Crippen LogP contribution in [0.2, 0.25) is 0 Å². The van der Waals surface area contributed by atoms with Crippen molar-refractivity contribution in [3.63, 3.8) is 0 Å². The van der Waals surface area contributed by atoms with Gasteiger partial charge in [0.2, 0.25) is 11.7 Å². The fourth-order valence-electron chi connectivity index (χ4n) is 3.15. The minimum atomic E-state index is -1.22. The number of cyclic esters (lactones) is 1. The van der Waals surface area contributed by atoms with Crippen LogP contribution in [-0.2, 0) is 14.3 Å². The molecular weight excluding hydrogens is 298 g/mol. The van der Waals surface area contributed by atoms with Crippen molar-refractivity contribution >= 4 is 17.8 Å². The van der Waals surface area contributed by atoms with Crippen LogP contribution in [0.25, 0.3) is 0 Å². The maximum atomic E-state index is 12.4. The average Bonchev–Trinajstić information content (AvgIpc) is 2.93. The summed E-state index contributed by atoms with van der Waals surface area (Å²) in [5, 5.41) is 9.53. The molecule has 0 aromatic rings. The van der Waals surface area contributed by atoms with Crippen molar-refractivity contribution in [1.29, 1.82) is 0 Å². The van der Waals surface area contributed by atoms with Crippen LogP contribution in [0.3, 0.4) is 0 Å². The third kappa shape index (κ3) is 5.41. The highest BCUT2D eigenvalue weighted by Gasteiger charge is 2.34. The molecule has 0 bridgehead atoms. The lowest BCUT2D eigenvalue weighted by Gasteiger charge is -2.24. The Hall–Kier alpha value is -1.79. The Morgan fingerprint density at radius 2 is 1.96 bits per heavy atom. The van der Waals surface area contributed by atoms with Crippen molar-refractivity contribution in [2.45, 2.75) is 71.1 Å². The lowest BCUT2D eigenvalue weighted by atomic mass is 9.86. The topological polar surface area (TPSA) is 97.2 Å². The Morgan fingerprint density at radius 1 is 1.26 bits per heavy atom. The molecule has 1 N–H and O–H groups in total. The van der Waals surface area contributed by atoms with Gasteiger partial charge in [-0.3, -0.25) is 9.59 Å². The number of ketones is 1. The van der Waals surface area contributed by atoms with Gasteiger partial charge in [-0.15, -0.1) is 5.11 Å². The molecule has 0 saturated heterocycles. The average molecular weight is 323 g/mol. The zero-order valence-electron chi connectivity index (χ0n) is 13.8. The molecule has 1 aliphatic carbocycles. The summed E-state index contributed by atoms with van der Waals surface area (Å²) in [6, 6.07) is -0.694. The Kier molecular flexibility index (Phi) is 6.24. The Balaban J connectivity index is 1.91. The van der Waals surface area contributed by atoms with Crippen LogP contribution in [-0.4, -0.2) is 30.1 Å². The number of nitrogens with zero attached hydrogens (tertiary/aromatic N) is 2. The summed E-state index contributed by atoms with van der Waals surface area (Å²) in [6.07, 6.45) is 4.59. The van der Waals surface area contributed by atoms with Gasteiger partial charge >= 0.3 is 6.09 Å². The fraction of sp³-hybridized carbons (Fsp3) is 0.812. The Morgan fingerprint density at radius 3 is 2.52 bits per heavy atom. The van der Waals surface area contributed by atoms with Crippen molar-refractivity contribution in [1.82, 2.24) is 5.32 Å². The number of amides is 2. The number of ether oxygens (including phenoxy) is 1. The molecule has 7 nitrogen and oxygen atoms in total. The SMILES string of the molecule is CC(C)CC(NC(=O)CC1CCCCC1)C(=O)C1N=NC(=O)O1. The number of carbonyl (C=O) groups is 3. The smallest absolute Gasteiger partial charge is 0.411 e. The van der Waals surface area contributed by atoms with E-state index in [1.54, 1.807) is 0 Å². The summed E-state index contributed by atoms with van der Waals surface area (Å²) in [4.78, 5) is 35.6. The number of hydrogen-bond acceptors (Lipinski definition) is 5. The first-order valence-electron chi connectivity index (χ1n) is 8.40. The standard InChI is InChI=1S/C16H25N3O4/c1-10(2)8-12(14(21)15-18-19-16(22)23-15)17-13(20)9-11-6-4-3-5-7-11/h10-12,15H,3-9H2,1-2H3,(H,17,20). The summed E-state index contributed by atoms with van der Waals surface area (Å²) in [6.45, 7) is 3.94. The second kappa shape index (κ2) is 8.17. The Bertz CT molecular complexity index is 484. The van der Waals surface area contributed by atoms with Gasteiger partial charge in [0.25, 0.3) is 6.23 Å². The number of nitrogens with one attached hydrogen (secondary N) is 1. The van der Waals surface area contributed by atoms with E-state index in [0.717, 1.165) is 12.8 Å². The van der Waals surface area contributed by atoms with E-state index in [2.05, 4.69) is 15.5 Å². The molecule has 23 heavy (non-hydrogen) atoms. The molecule has 0 aromatic carbocycles. The van der Waals surface area contributed by atoms with Gasteiger partial charge in [0.15, 0.2) is 0 Å². The maximum Gasteiger partial charge on any atom is 0.454 e. The number of rotatable bonds is 7. The van der Waals surface area contributed by atoms with Gasteiger partial charge in [-0.25, -0.2) is 4.79 Å². The normalized spacial score (nSPS) is 22.9. The molecule has 2 aliphatic rings. The first kappa shape index (κ1) is 17.6. The molecule has 1 heterocycles. The zero-order valence-corrected chi connectivity index (χ0v) is 13.8. The van der Waals surface area contributed by atoms with Gasteiger partial charge < -0.3 is 10.1 Å². The van der Waals surface area contributed by atoms with Crippen molar-refractivity contribution in [3.05, 3.63) is 0 Å². The van der Waals surface area contributed by atoms with Crippen molar-refractivity contribution < 1.29 is 19.1 Å². The highest BCUT2D eigenvalue weighted by Crippen LogP contribution is 2.26. The lowest BCUT2D eigenvalue weighted by molar-refractivity contribution is -0.133. The molecule has 128 valence electrons. The largest absolute Gasteiger partial charge is 0.454 e. The number of azo groups is 1. The number of hydrogen-bond donors (Lipinski definition) is 1. The van der Waals surface area contributed by atoms with Crippen molar-refractivity contribution in [2.24, 2.45) is 22.1 Å². The van der Waals surface area contributed by atoms with Gasteiger partial charge in [0, 0.05) is 6.42 Å². The van der Waals surface area contributed by atoms with E-state index < -0.39 is 24.1 Å². The maximum absolute atomic E-state index is 12.4. The predicted octanol–water partition coefficient (Wildman–Crippen LogP) is 2.99. The van der Waals surface area contributed by atoms with E-state index in [1.165, 1.54) is 19.3 Å². The lowest BCUT2D eigenvalue weighted by Crippen LogP contribution is -2.46. The molecule has 0 aromatic heterocycles. The molecule has 0 spiro atoms. The second-order valence-corrected chi connectivity index (χ2v) is 6.81. The fourth-order valence-corrected chi connectivity index (χ4v) is 3.15. The first-order valence-corrected chi connectivity index (χ1v) is 8.40. The van der Waals surface area contributed by atoms with Crippen LogP contribution in [0.1, 0.15) is 58.8 Å². The molecule has 1 aliphatic heterocycles. The van der Waals surface area contributed by atoms with E-state index in [9.17, 15) is 14.4 Å². The predicted molar refractivity (Wildman–Crippen MR) is 82.7 cm³/mol. The first-order chi connectivity index (χ1) is 11.0. The third-order valence-electron chi connectivity index (χ3n) is 4.28. The Labute approximate surface area is 136 Å². The van der Waals surface area contributed by atoms with E-state index in [0.29, 0.717) is 18.8 Å². The summed E-state index contributed by atoms with van der Waals surface area (Å²) < 4.78 is 4.74. The minimum Gasteiger partial charge on any atom is -0.411 e. The molecule has 1 saturated carbocycles. The second-order valence-electron chi connectivity index (χ2n) is 6.81. The van der Waals surface area contributed by atoms with Gasteiger partial charge in [0.1, 0.15) is 0 Å². The quantitative estimate of drug-likeness (QED) is 0.778. The van der Waals surface area contributed by atoms with Crippen LogP contribution in [0.4, 0.5) is 4.79 Å². The monoisotopic (exact) mass is 323 g/mol. The number of carbonyl (C=O) groups excluding carboxylic acids is 3. The summed E-state index contributed by atoms with van der Waals surface area (Å²) in [7, 11) is 0. The third-order valence-corrected chi connectivity index (χ3v) is 4.28. The van der Waals surface area contributed by atoms with Gasteiger partial charge in [-0.1, -0.05) is 38.2 Å². The molecular formula is C16H25N3O4. The van der Waals surface area contributed by atoms with Crippen molar-refractivity contribution in [3.8, 4) is 0 Å². The molecule has 2 atom stereocenters. The molecule has 0 radical (unpaired) electrons. The van der Waals surface area contributed by atoms with Gasteiger partial charge in [0.05, 0.1) is 6.04 Å².